The number of thiazole rings is 1. The van der Waals surface area contributed by atoms with Gasteiger partial charge < -0.3 is 11.1 Å². The van der Waals surface area contributed by atoms with Crippen molar-refractivity contribution < 1.29 is 0 Å². The Hall–Kier alpha value is -1.15. The third kappa shape index (κ3) is 4.19. The van der Waals surface area contributed by atoms with E-state index in [0.29, 0.717) is 12.5 Å². The summed E-state index contributed by atoms with van der Waals surface area (Å²) in [5.41, 5.74) is 9.96. The van der Waals surface area contributed by atoms with Crippen LogP contribution in [0.15, 0.2) is 29.4 Å². The maximum Gasteiger partial charge on any atom is 0.193 e. The van der Waals surface area contributed by atoms with E-state index in [-0.39, 0.29) is 24.0 Å². The van der Waals surface area contributed by atoms with Gasteiger partial charge >= 0.3 is 0 Å². The first-order valence-corrected chi connectivity index (χ1v) is 8.13. The number of hydrogen-bond acceptors (Lipinski definition) is 3. The Morgan fingerprint density at radius 2 is 2.18 bits per heavy atom. The SMILES string of the molecule is Cc1ncc(CN=C(N)Nc2cccc3c2CCCC3)s1.I. The average molecular weight is 428 g/mol. The van der Waals surface area contributed by atoms with Crippen LogP contribution in [0.5, 0.6) is 0 Å². The molecule has 1 aliphatic carbocycles. The molecule has 118 valence electrons. The van der Waals surface area contributed by atoms with E-state index in [2.05, 4.69) is 33.5 Å². The van der Waals surface area contributed by atoms with Crippen LogP contribution in [0.2, 0.25) is 0 Å². The zero-order valence-corrected chi connectivity index (χ0v) is 15.8. The van der Waals surface area contributed by atoms with Crippen molar-refractivity contribution in [1.29, 1.82) is 0 Å². The lowest BCUT2D eigenvalue weighted by Gasteiger charge is -2.19. The highest BCUT2D eigenvalue weighted by atomic mass is 127. The van der Waals surface area contributed by atoms with Gasteiger partial charge in [-0.3, -0.25) is 0 Å². The minimum Gasteiger partial charge on any atom is -0.370 e. The van der Waals surface area contributed by atoms with E-state index in [1.54, 1.807) is 11.3 Å². The molecule has 1 aliphatic rings. The van der Waals surface area contributed by atoms with E-state index in [4.69, 9.17) is 5.73 Å². The Balaban J connectivity index is 0.00000176. The van der Waals surface area contributed by atoms with Gasteiger partial charge in [-0.1, -0.05) is 12.1 Å². The van der Waals surface area contributed by atoms with Crippen LogP contribution in [0.3, 0.4) is 0 Å². The third-order valence-electron chi connectivity index (χ3n) is 3.73. The molecule has 0 amide bonds. The fourth-order valence-electron chi connectivity index (χ4n) is 2.72. The van der Waals surface area contributed by atoms with Crippen LogP contribution in [-0.2, 0) is 19.4 Å². The first-order chi connectivity index (χ1) is 10.2. The van der Waals surface area contributed by atoms with Gasteiger partial charge in [0.1, 0.15) is 0 Å². The molecule has 6 heteroatoms. The number of rotatable bonds is 3. The normalized spacial score (nSPS) is 14.1. The summed E-state index contributed by atoms with van der Waals surface area (Å²) >= 11 is 1.66. The van der Waals surface area contributed by atoms with Gasteiger partial charge in [0.2, 0.25) is 0 Å². The molecule has 0 unspecified atom stereocenters. The molecular weight excluding hydrogens is 407 g/mol. The molecule has 0 saturated heterocycles. The lowest BCUT2D eigenvalue weighted by atomic mass is 9.90. The number of halogens is 1. The van der Waals surface area contributed by atoms with Crippen LogP contribution in [0.25, 0.3) is 0 Å². The number of nitrogens with zero attached hydrogens (tertiary/aromatic N) is 2. The highest BCUT2D eigenvalue weighted by molar-refractivity contribution is 14.0. The van der Waals surface area contributed by atoms with Gasteiger partial charge in [-0.05, 0) is 49.8 Å². The van der Waals surface area contributed by atoms with Crippen LogP contribution < -0.4 is 11.1 Å². The Morgan fingerprint density at radius 3 is 2.95 bits per heavy atom. The Morgan fingerprint density at radius 1 is 1.36 bits per heavy atom. The molecule has 1 heterocycles. The van der Waals surface area contributed by atoms with Gasteiger partial charge in [0.25, 0.3) is 0 Å². The number of hydrogen-bond donors (Lipinski definition) is 2. The Labute approximate surface area is 152 Å². The maximum absolute atomic E-state index is 6.02. The van der Waals surface area contributed by atoms with Gasteiger partial charge in [0, 0.05) is 16.8 Å². The number of nitrogens with two attached hydrogens (primary N) is 1. The molecule has 2 aromatic rings. The second-order valence-electron chi connectivity index (χ2n) is 5.32. The Kier molecular flexibility index (Phi) is 6.19. The van der Waals surface area contributed by atoms with Crippen LogP contribution >= 0.6 is 35.3 Å². The zero-order chi connectivity index (χ0) is 14.7. The summed E-state index contributed by atoms with van der Waals surface area (Å²) in [6.45, 7) is 2.58. The first-order valence-electron chi connectivity index (χ1n) is 7.31. The van der Waals surface area contributed by atoms with Crippen molar-refractivity contribution in [3.63, 3.8) is 0 Å². The van der Waals surface area contributed by atoms with E-state index < -0.39 is 0 Å². The van der Waals surface area contributed by atoms with E-state index in [0.717, 1.165) is 22.0 Å². The van der Waals surface area contributed by atoms with Crippen LogP contribution in [-0.4, -0.2) is 10.9 Å². The second kappa shape index (κ2) is 7.92. The summed E-state index contributed by atoms with van der Waals surface area (Å²) in [6.07, 6.45) is 6.69. The standard InChI is InChI=1S/C16H20N4S.HI/c1-11-18-9-13(21-11)10-19-16(17)20-15-8-4-6-12-5-2-3-7-14(12)15;/h4,6,8-9H,2-3,5,7,10H2,1H3,(H3,17,19,20);1H. The number of aromatic nitrogens is 1. The second-order valence-corrected chi connectivity index (χ2v) is 6.64. The van der Waals surface area contributed by atoms with Crippen molar-refractivity contribution in [3.05, 3.63) is 45.4 Å². The van der Waals surface area contributed by atoms with E-state index in [1.807, 2.05) is 13.1 Å². The fraction of sp³-hybridized carbons (Fsp3) is 0.375. The van der Waals surface area contributed by atoms with Gasteiger partial charge in [0.15, 0.2) is 5.96 Å². The van der Waals surface area contributed by atoms with Gasteiger partial charge in [-0.15, -0.1) is 35.3 Å². The zero-order valence-electron chi connectivity index (χ0n) is 12.6. The largest absolute Gasteiger partial charge is 0.370 e. The highest BCUT2D eigenvalue weighted by Gasteiger charge is 2.13. The van der Waals surface area contributed by atoms with Crippen molar-refractivity contribution in [2.75, 3.05) is 5.32 Å². The first kappa shape index (κ1) is 17.2. The summed E-state index contributed by atoms with van der Waals surface area (Å²) in [4.78, 5) is 9.76. The molecule has 0 aliphatic heterocycles. The number of aliphatic imine (C=N–C) groups is 1. The quantitative estimate of drug-likeness (QED) is 0.443. The lowest BCUT2D eigenvalue weighted by Crippen LogP contribution is -2.24. The van der Waals surface area contributed by atoms with Gasteiger partial charge in [-0.2, -0.15) is 0 Å². The van der Waals surface area contributed by atoms with Crippen molar-refractivity contribution in [2.45, 2.75) is 39.2 Å². The molecule has 3 N–H and O–H groups in total. The molecule has 22 heavy (non-hydrogen) atoms. The molecule has 1 aromatic carbocycles. The van der Waals surface area contributed by atoms with Crippen LogP contribution in [0.1, 0.15) is 33.9 Å². The molecular formula is C16H21IN4S. The lowest BCUT2D eigenvalue weighted by molar-refractivity contribution is 0.687. The third-order valence-corrected chi connectivity index (χ3v) is 4.63. The van der Waals surface area contributed by atoms with Gasteiger partial charge in [-0.25, -0.2) is 9.98 Å². The topological polar surface area (TPSA) is 63.3 Å². The number of fused-ring (bicyclic) bond motifs is 1. The molecule has 0 fully saturated rings. The predicted octanol–water partition coefficient (Wildman–Crippen LogP) is 3.88. The number of benzene rings is 1. The summed E-state index contributed by atoms with van der Waals surface area (Å²) in [5.74, 6) is 0.472. The summed E-state index contributed by atoms with van der Waals surface area (Å²) < 4.78 is 0. The van der Waals surface area contributed by atoms with Crippen LogP contribution in [0, 0.1) is 6.92 Å². The molecule has 4 nitrogen and oxygen atoms in total. The molecule has 0 spiro atoms. The minimum atomic E-state index is 0. The maximum atomic E-state index is 6.02. The molecule has 3 rings (SSSR count). The molecule has 0 radical (unpaired) electrons. The number of nitrogens with one attached hydrogen (secondary N) is 1. The van der Waals surface area contributed by atoms with Gasteiger partial charge in [0.05, 0.1) is 11.6 Å². The van der Waals surface area contributed by atoms with Crippen LogP contribution in [0.4, 0.5) is 5.69 Å². The summed E-state index contributed by atoms with van der Waals surface area (Å²) in [7, 11) is 0. The van der Waals surface area contributed by atoms with Crippen molar-refractivity contribution in [2.24, 2.45) is 10.7 Å². The van der Waals surface area contributed by atoms with Crippen molar-refractivity contribution in [1.82, 2.24) is 4.98 Å². The van der Waals surface area contributed by atoms with E-state index in [1.165, 1.54) is 30.4 Å². The van der Waals surface area contributed by atoms with E-state index >= 15 is 0 Å². The molecule has 0 atom stereocenters. The molecule has 0 saturated carbocycles. The van der Waals surface area contributed by atoms with Crippen molar-refractivity contribution in [3.8, 4) is 0 Å². The van der Waals surface area contributed by atoms with Crippen molar-refractivity contribution >= 4 is 47.0 Å². The predicted molar refractivity (Wildman–Crippen MR) is 104 cm³/mol. The number of aryl methyl sites for hydroxylation is 2. The molecule has 1 aromatic heterocycles. The smallest absolute Gasteiger partial charge is 0.193 e. The van der Waals surface area contributed by atoms with E-state index in [9.17, 15) is 0 Å². The summed E-state index contributed by atoms with van der Waals surface area (Å²) in [6, 6.07) is 6.39. The summed E-state index contributed by atoms with van der Waals surface area (Å²) in [5, 5.41) is 4.32. The monoisotopic (exact) mass is 428 g/mol. The Bertz CT molecular complexity index is 666. The average Bonchev–Trinajstić information content (AvgIpc) is 2.91. The number of anilines is 1. The minimum absolute atomic E-state index is 0. The highest BCUT2D eigenvalue weighted by Crippen LogP contribution is 2.27. The fourth-order valence-corrected chi connectivity index (χ4v) is 3.44. The number of guanidine groups is 1. The molecule has 0 bridgehead atoms.